The van der Waals surface area contributed by atoms with Crippen molar-refractivity contribution in [3.63, 3.8) is 0 Å². The fraction of sp³-hybridized carbons (Fsp3) is 0.647. The van der Waals surface area contributed by atoms with Crippen LogP contribution in [0.1, 0.15) is 36.0 Å². The fourth-order valence-electron chi connectivity index (χ4n) is 3.83. The van der Waals surface area contributed by atoms with E-state index in [4.69, 9.17) is 0 Å². The van der Waals surface area contributed by atoms with E-state index in [2.05, 4.69) is 5.32 Å². The van der Waals surface area contributed by atoms with Crippen molar-refractivity contribution in [1.82, 2.24) is 19.7 Å². The molecule has 2 fully saturated rings. The van der Waals surface area contributed by atoms with E-state index < -0.39 is 0 Å². The van der Waals surface area contributed by atoms with E-state index in [1.165, 1.54) is 0 Å². The third-order valence-electron chi connectivity index (χ3n) is 5.48. The molecule has 126 valence electrons. The second-order valence-electron chi connectivity index (χ2n) is 7.16. The molecule has 1 aromatic heterocycles. The van der Waals surface area contributed by atoms with Gasteiger partial charge in [-0.15, -0.1) is 0 Å². The van der Waals surface area contributed by atoms with Crippen LogP contribution in [0.15, 0.2) is 18.5 Å². The number of nitrogens with zero attached hydrogens (tertiary/aromatic N) is 3. The quantitative estimate of drug-likeness (QED) is 0.902. The topological polar surface area (TPSA) is 57.6 Å². The first-order valence-corrected chi connectivity index (χ1v) is 8.30. The predicted molar refractivity (Wildman–Crippen MR) is 88.2 cm³/mol. The molecule has 0 unspecified atom stereocenters. The number of aryl methyl sites for hydroxylation is 1. The van der Waals surface area contributed by atoms with Gasteiger partial charge in [-0.3, -0.25) is 4.79 Å². The third kappa shape index (κ3) is 2.94. The van der Waals surface area contributed by atoms with Gasteiger partial charge in [0.2, 0.25) is 0 Å². The Morgan fingerprint density at radius 1 is 1.26 bits per heavy atom. The molecule has 1 aliphatic carbocycles. The first kappa shape index (κ1) is 15.9. The summed E-state index contributed by atoms with van der Waals surface area (Å²) in [5.41, 5.74) is 0.905. The van der Waals surface area contributed by atoms with Gasteiger partial charge >= 0.3 is 6.03 Å². The number of nitrogens with one attached hydrogen (secondary N) is 1. The minimum Gasteiger partial charge on any atom is -0.356 e. The number of rotatable bonds is 2. The van der Waals surface area contributed by atoms with Gasteiger partial charge in [-0.05, 0) is 37.2 Å². The molecule has 0 aromatic carbocycles. The summed E-state index contributed by atoms with van der Waals surface area (Å²) < 4.78 is 1.89. The number of urea groups is 1. The summed E-state index contributed by atoms with van der Waals surface area (Å²) in [6, 6.07) is 2.18. The van der Waals surface area contributed by atoms with Crippen molar-refractivity contribution in [3.05, 3.63) is 24.0 Å². The summed E-state index contributed by atoms with van der Waals surface area (Å²) in [6.07, 6.45) is 7.88. The summed E-state index contributed by atoms with van der Waals surface area (Å²) in [5.74, 6) is 0.0153. The Morgan fingerprint density at radius 3 is 2.43 bits per heavy atom. The zero-order chi connectivity index (χ0) is 16.6. The van der Waals surface area contributed by atoms with Crippen LogP contribution in [-0.4, -0.2) is 59.5 Å². The Kier molecular flexibility index (Phi) is 4.08. The third-order valence-corrected chi connectivity index (χ3v) is 5.48. The maximum Gasteiger partial charge on any atom is 0.319 e. The number of carbonyl (C=O) groups is 2. The second kappa shape index (κ2) is 5.91. The summed E-state index contributed by atoms with van der Waals surface area (Å²) in [6.45, 7) is 1.57. The SMILES string of the molecule is CN(C)C(=O)N1CCC2(CC[C@H]2NC(=O)c2ccn(C)c2)CC1. The van der Waals surface area contributed by atoms with Crippen molar-refractivity contribution in [3.8, 4) is 0 Å². The van der Waals surface area contributed by atoms with Crippen molar-refractivity contribution in [2.45, 2.75) is 31.7 Å². The van der Waals surface area contributed by atoms with E-state index in [-0.39, 0.29) is 23.4 Å². The van der Waals surface area contributed by atoms with Crippen molar-refractivity contribution in [2.75, 3.05) is 27.2 Å². The van der Waals surface area contributed by atoms with E-state index in [9.17, 15) is 9.59 Å². The molecule has 23 heavy (non-hydrogen) atoms. The first-order valence-electron chi connectivity index (χ1n) is 8.30. The highest BCUT2D eigenvalue weighted by Gasteiger charge is 2.49. The van der Waals surface area contributed by atoms with Crippen molar-refractivity contribution in [2.24, 2.45) is 12.5 Å². The molecule has 1 aliphatic heterocycles. The highest BCUT2D eigenvalue weighted by atomic mass is 16.2. The molecule has 0 radical (unpaired) electrons. The van der Waals surface area contributed by atoms with Crippen molar-refractivity contribution < 1.29 is 9.59 Å². The predicted octanol–water partition coefficient (Wildman–Crippen LogP) is 1.68. The smallest absolute Gasteiger partial charge is 0.319 e. The Morgan fingerprint density at radius 2 is 1.96 bits per heavy atom. The van der Waals surface area contributed by atoms with E-state index in [1.54, 1.807) is 19.0 Å². The normalized spacial score (nSPS) is 22.6. The van der Waals surface area contributed by atoms with Gasteiger partial charge in [-0.1, -0.05) is 0 Å². The number of hydrogen-bond donors (Lipinski definition) is 1. The van der Waals surface area contributed by atoms with Crippen LogP contribution in [-0.2, 0) is 7.05 Å². The molecule has 1 N–H and O–H groups in total. The molecule has 3 amide bonds. The van der Waals surface area contributed by atoms with Crippen LogP contribution in [0.25, 0.3) is 0 Å². The number of amides is 3. The van der Waals surface area contributed by atoms with Crippen LogP contribution in [0.3, 0.4) is 0 Å². The average molecular weight is 318 g/mol. The highest BCUT2D eigenvalue weighted by molar-refractivity contribution is 5.94. The van der Waals surface area contributed by atoms with Gasteiger partial charge in [0.05, 0.1) is 5.56 Å². The maximum atomic E-state index is 12.4. The summed E-state index contributed by atoms with van der Waals surface area (Å²) >= 11 is 0. The van der Waals surface area contributed by atoms with Gasteiger partial charge in [0, 0.05) is 52.7 Å². The molecule has 2 aliphatic rings. The lowest BCUT2D eigenvalue weighted by molar-refractivity contribution is 0.00189. The van der Waals surface area contributed by atoms with Crippen LogP contribution in [0.5, 0.6) is 0 Å². The minimum absolute atomic E-state index is 0.0153. The van der Waals surface area contributed by atoms with Crippen LogP contribution < -0.4 is 5.32 Å². The van der Waals surface area contributed by atoms with E-state index >= 15 is 0 Å². The van der Waals surface area contributed by atoms with Crippen molar-refractivity contribution >= 4 is 11.9 Å². The molecule has 3 rings (SSSR count). The van der Waals surface area contributed by atoms with Gasteiger partial charge in [-0.25, -0.2) is 4.79 Å². The fourth-order valence-corrected chi connectivity index (χ4v) is 3.83. The molecule has 2 heterocycles. The van der Waals surface area contributed by atoms with Crippen molar-refractivity contribution in [1.29, 1.82) is 0 Å². The molecule has 1 aromatic rings. The number of aromatic nitrogens is 1. The first-order chi connectivity index (χ1) is 10.9. The van der Waals surface area contributed by atoms with E-state index in [1.807, 2.05) is 35.0 Å². The molecule has 1 saturated carbocycles. The zero-order valence-corrected chi connectivity index (χ0v) is 14.2. The number of carbonyl (C=O) groups excluding carboxylic acids is 2. The molecule has 6 heteroatoms. The van der Waals surface area contributed by atoms with Crippen LogP contribution in [0.2, 0.25) is 0 Å². The van der Waals surface area contributed by atoms with Crippen LogP contribution in [0, 0.1) is 5.41 Å². The Balaban J connectivity index is 1.58. The lowest BCUT2D eigenvalue weighted by atomic mass is 9.59. The number of hydrogen-bond acceptors (Lipinski definition) is 2. The highest BCUT2D eigenvalue weighted by Crippen LogP contribution is 2.49. The second-order valence-corrected chi connectivity index (χ2v) is 7.16. The number of piperidine rings is 1. The van der Waals surface area contributed by atoms with E-state index in [0.717, 1.165) is 44.3 Å². The monoisotopic (exact) mass is 318 g/mol. The van der Waals surface area contributed by atoms with Gasteiger partial charge < -0.3 is 19.7 Å². The largest absolute Gasteiger partial charge is 0.356 e. The molecule has 6 nitrogen and oxygen atoms in total. The molecule has 1 atom stereocenters. The lowest BCUT2D eigenvalue weighted by Crippen LogP contribution is -2.60. The summed E-state index contributed by atoms with van der Waals surface area (Å²) in [7, 11) is 5.50. The zero-order valence-electron chi connectivity index (χ0n) is 14.2. The Bertz CT molecular complexity index is 599. The van der Waals surface area contributed by atoms with E-state index in [0.29, 0.717) is 0 Å². The summed E-state index contributed by atoms with van der Waals surface area (Å²) in [4.78, 5) is 27.9. The van der Waals surface area contributed by atoms with Gasteiger partial charge in [0.1, 0.15) is 0 Å². The molecule has 1 saturated heterocycles. The molecule has 1 spiro atoms. The maximum absolute atomic E-state index is 12.4. The van der Waals surface area contributed by atoms with Crippen LogP contribution in [0.4, 0.5) is 4.79 Å². The molecular formula is C17H26N4O2. The average Bonchev–Trinajstić information content (AvgIpc) is 2.97. The standard InChI is InChI=1S/C17H26N4O2/c1-19(2)16(23)21-10-7-17(8-11-21)6-4-14(17)18-15(22)13-5-9-20(3)12-13/h5,9,12,14H,4,6-8,10-11H2,1-3H3,(H,18,22)/t14-/m1/s1. The Hall–Kier alpha value is -1.98. The molecule has 0 bridgehead atoms. The van der Waals surface area contributed by atoms with Gasteiger partial charge in [0.25, 0.3) is 5.91 Å². The molecular weight excluding hydrogens is 292 g/mol. The van der Waals surface area contributed by atoms with Crippen LogP contribution >= 0.6 is 0 Å². The summed E-state index contributed by atoms with van der Waals surface area (Å²) in [5, 5.41) is 3.21. The Labute approximate surface area is 137 Å². The lowest BCUT2D eigenvalue weighted by Gasteiger charge is -2.54. The number of likely N-dealkylation sites (tertiary alicyclic amines) is 1. The van der Waals surface area contributed by atoms with Gasteiger partial charge in [-0.2, -0.15) is 0 Å². The minimum atomic E-state index is 0.0153. The van der Waals surface area contributed by atoms with Gasteiger partial charge in [0.15, 0.2) is 0 Å².